The van der Waals surface area contributed by atoms with Crippen molar-refractivity contribution in [2.24, 2.45) is 5.92 Å². The van der Waals surface area contributed by atoms with Gasteiger partial charge in [-0.2, -0.15) is 0 Å². The Labute approximate surface area is 166 Å². The molecule has 0 bridgehead atoms. The van der Waals surface area contributed by atoms with E-state index in [1.54, 1.807) is 4.90 Å². The number of amides is 1. The van der Waals surface area contributed by atoms with Gasteiger partial charge in [-0.25, -0.2) is 0 Å². The minimum atomic E-state index is -0.601. The van der Waals surface area contributed by atoms with E-state index in [0.717, 1.165) is 18.9 Å². The van der Waals surface area contributed by atoms with Gasteiger partial charge in [0, 0.05) is 26.1 Å². The summed E-state index contributed by atoms with van der Waals surface area (Å²) in [5.41, 5.74) is -0.261. The van der Waals surface area contributed by atoms with Crippen LogP contribution in [0, 0.1) is 16.0 Å². The fourth-order valence-corrected chi connectivity index (χ4v) is 3.69. The quantitative estimate of drug-likeness (QED) is 0.229. The van der Waals surface area contributed by atoms with Crippen molar-refractivity contribution in [2.45, 2.75) is 57.8 Å². The number of rotatable bonds is 12. The molecule has 0 radical (unpaired) electrons. The van der Waals surface area contributed by atoms with Crippen LogP contribution in [0.2, 0.25) is 0 Å². The van der Waals surface area contributed by atoms with E-state index in [9.17, 15) is 19.7 Å². The fraction of sp³-hybridized carbons (Fsp3) is 0.619. The molecule has 0 aliphatic heterocycles. The Morgan fingerprint density at radius 1 is 1.29 bits per heavy atom. The number of nitro groups is 1. The van der Waals surface area contributed by atoms with Crippen molar-refractivity contribution < 1.29 is 19.2 Å². The molecule has 0 saturated heterocycles. The smallest absolute Gasteiger partial charge is 0.280 e. The third-order valence-corrected chi connectivity index (χ3v) is 5.38. The van der Waals surface area contributed by atoms with Crippen LogP contribution < -0.4 is 4.74 Å². The van der Waals surface area contributed by atoms with Gasteiger partial charge in [-0.15, -0.1) is 0 Å². The van der Waals surface area contributed by atoms with Crippen LogP contribution in [0.5, 0.6) is 5.75 Å². The highest BCUT2D eigenvalue weighted by molar-refractivity contribution is 5.82. The van der Waals surface area contributed by atoms with Gasteiger partial charge in [0.1, 0.15) is 5.75 Å². The molecule has 0 unspecified atom stereocenters. The van der Waals surface area contributed by atoms with E-state index in [1.807, 2.05) is 7.05 Å². The summed E-state index contributed by atoms with van der Waals surface area (Å²) in [5, 5.41) is 10.8. The van der Waals surface area contributed by atoms with E-state index >= 15 is 0 Å². The van der Waals surface area contributed by atoms with E-state index < -0.39 is 4.92 Å². The lowest BCUT2D eigenvalue weighted by atomic mass is 10.0. The highest BCUT2D eigenvalue weighted by Crippen LogP contribution is 2.29. The van der Waals surface area contributed by atoms with Crippen LogP contribution >= 0.6 is 0 Å². The zero-order valence-corrected chi connectivity index (χ0v) is 16.6. The second-order valence-corrected chi connectivity index (χ2v) is 7.51. The van der Waals surface area contributed by atoms with Crippen molar-refractivity contribution in [3.8, 4) is 5.75 Å². The van der Waals surface area contributed by atoms with Crippen LogP contribution in [0.15, 0.2) is 18.2 Å². The molecule has 7 heteroatoms. The van der Waals surface area contributed by atoms with Crippen LogP contribution in [0.4, 0.5) is 5.69 Å². The van der Waals surface area contributed by atoms with Gasteiger partial charge in [0.05, 0.1) is 17.1 Å². The zero-order chi connectivity index (χ0) is 20.4. The molecule has 1 amide bonds. The molecular weight excluding hydrogens is 360 g/mol. The number of unbranched alkanes of at least 4 members (excludes halogenated alkanes) is 1. The summed E-state index contributed by atoms with van der Waals surface area (Å²) in [6.45, 7) is 1.11. The Morgan fingerprint density at radius 3 is 2.71 bits per heavy atom. The van der Waals surface area contributed by atoms with Gasteiger partial charge in [-0.1, -0.05) is 38.5 Å². The first-order valence-corrected chi connectivity index (χ1v) is 10.1. The van der Waals surface area contributed by atoms with Gasteiger partial charge in [-0.05, 0) is 30.9 Å². The molecule has 1 aliphatic carbocycles. The summed E-state index contributed by atoms with van der Waals surface area (Å²) >= 11 is 0. The van der Waals surface area contributed by atoms with E-state index in [1.165, 1.54) is 56.7 Å². The molecule has 1 aliphatic rings. The fourth-order valence-electron chi connectivity index (χ4n) is 3.69. The average molecular weight is 390 g/mol. The first-order valence-electron chi connectivity index (χ1n) is 10.1. The normalized spacial score (nSPS) is 14.0. The molecule has 0 spiro atoms. The molecule has 1 fully saturated rings. The third-order valence-electron chi connectivity index (χ3n) is 5.38. The summed E-state index contributed by atoms with van der Waals surface area (Å²) in [4.78, 5) is 35.1. The molecule has 7 nitrogen and oxygen atoms in total. The molecule has 2 rings (SSSR count). The number of carbonyl (C=O) groups is 2. The molecule has 1 aromatic rings. The monoisotopic (exact) mass is 390 g/mol. The maximum Gasteiger partial charge on any atom is 0.280 e. The minimum Gasteiger partial charge on any atom is -0.494 e. The predicted octanol–water partition coefficient (Wildman–Crippen LogP) is 4.39. The van der Waals surface area contributed by atoms with Crippen molar-refractivity contribution in [2.75, 3.05) is 20.2 Å². The lowest BCUT2D eigenvalue weighted by Crippen LogP contribution is -2.27. The maximum absolute atomic E-state index is 12.2. The number of carbonyl (C=O) groups excluding carboxylic acids is 2. The summed E-state index contributed by atoms with van der Waals surface area (Å²) in [5.74, 6) is 1.39. The highest BCUT2D eigenvalue weighted by atomic mass is 16.6. The predicted molar refractivity (Wildman–Crippen MR) is 107 cm³/mol. The summed E-state index contributed by atoms with van der Waals surface area (Å²) in [6, 6.07) is 4.07. The van der Waals surface area contributed by atoms with Crippen LogP contribution in [0.3, 0.4) is 0 Å². The van der Waals surface area contributed by atoms with Crippen LogP contribution in [-0.4, -0.2) is 42.2 Å². The molecule has 0 N–H and O–H groups in total. The number of aldehydes is 1. The molecule has 28 heavy (non-hydrogen) atoms. The molecular formula is C21H30N2O5. The second-order valence-electron chi connectivity index (χ2n) is 7.51. The molecule has 0 heterocycles. The van der Waals surface area contributed by atoms with Gasteiger partial charge in [-0.3, -0.25) is 19.7 Å². The molecule has 1 aromatic carbocycles. The van der Waals surface area contributed by atoms with Crippen LogP contribution in [-0.2, 0) is 4.79 Å². The van der Waals surface area contributed by atoms with Gasteiger partial charge >= 0.3 is 0 Å². The molecule has 1 saturated carbocycles. The maximum atomic E-state index is 12.2. The Kier molecular flexibility index (Phi) is 8.91. The third kappa shape index (κ3) is 6.94. The lowest BCUT2D eigenvalue weighted by molar-refractivity contribution is -0.385. The number of nitrogens with zero attached hydrogens (tertiary/aromatic N) is 2. The number of benzene rings is 1. The Morgan fingerprint density at radius 2 is 2.04 bits per heavy atom. The lowest BCUT2D eigenvalue weighted by Gasteiger charge is -2.18. The van der Waals surface area contributed by atoms with E-state index in [4.69, 9.17) is 4.74 Å². The summed E-state index contributed by atoms with van der Waals surface area (Å²) in [7, 11) is 1.84. The Hall–Kier alpha value is -2.44. The van der Waals surface area contributed by atoms with Gasteiger partial charge in [0.15, 0.2) is 6.29 Å². The van der Waals surface area contributed by atoms with Crippen molar-refractivity contribution in [1.29, 1.82) is 0 Å². The largest absolute Gasteiger partial charge is 0.494 e. The molecule has 0 atom stereocenters. The highest BCUT2D eigenvalue weighted by Gasteiger charge is 2.15. The standard InChI is InChI=1S/C21H30N2O5/c1-22(13-5-4-9-17-7-2-3-8-17)21(25)10-6-14-28-19-11-12-20(23(26)27)18(15-19)16-24/h11-12,15-17H,2-10,13-14H2,1H3. The van der Waals surface area contributed by atoms with Gasteiger partial charge in [0.25, 0.3) is 5.69 Å². The SMILES string of the molecule is CN(CCCCC1CCCC1)C(=O)CCCOc1ccc([N+](=O)[O-])c(C=O)c1. The van der Waals surface area contributed by atoms with E-state index in [-0.39, 0.29) is 17.2 Å². The van der Waals surface area contributed by atoms with Gasteiger partial charge in [0.2, 0.25) is 5.91 Å². The van der Waals surface area contributed by atoms with Crippen LogP contribution in [0.25, 0.3) is 0 Å². The second kappa shape index (κ2) is 11.4. The summed E-state index contributed by atoms with van der Waals surface area (Å²) < 4.78 is 5.52. The molecule has 154 valence electrons. The average Bonchev–Trinajstić information content (AvgIpc) is 3.21. The first kappa shape index (κ1) is 21.9. The zero-order valence-electron chi connectivity index (χ0n) is 16.6. The van der Waals surface area contributed by atoms with Crippen molar-refractivity contribution in [1.82, 2.24) is 4.90 Å². The summed E-state index contributed by atoms with van der Waals surface area (Å²) in [6.07, 6.45) is 10.4. The van der Waals surface area contributed by atoms with Crippen molar-refractivity contribution >= 4 is 17.9 Å². The van der Waals surface area contributed by atoms with Crippen LogP contribution in [0.1, 0.15) is 68.1 Å². The van der Waals surface area contributed by atoms with E-state index in [0.29, 0.717) is 31.5 Å². The Bertz CT molecular complexity index is 671. The van der Waals surface area contributed by atoms with Gasteiger partial charge < -0.3 is 9.64 Å². The molecule has 0 aromatic heterocycles. The first-order chi connectivity index (χ1) is 13.5. The number of nitro benzene ring substituents is 1. The Balaban J connectivity index is 1.62. The van der Waals surface area contributed by atoms with Crippen molar-refractivity contribution in [3.05, 3.63) is 33.9 Å². The topological polar surface area (TPSA) is 89.8 Å². The van der Waals surface area contributed by atoms with Crippen molar-refractivity contribution in [3.63, 3.8) is 0 Å². The number of hydrogen-bond acceptors (Lipinski definition) is 5. The minimum absolute atomic E-state index is 0.0177. The number of ether oxygens (including phenoxy) is 1. The van der Waals surface area contributed by atoms with E-state index in [2.05, 4.69) is 0 Å². The number of hydrogen-bond donors (Lipinski definition) is 0.